The molecule has 0 bridgehead atoms. The second-order valence-corrected chi connectivity index (χ2v) is 5.42. The summed E-state index contributed by atoms with van der Waals surface area (Å²) in [6.07, 6.45) is 2.78. The average Bonchev–Trinajstić information content (AvgIpc) is 2.33. The molecule has 0 atom stereocenters. The van der Waals surface area contributed by atoms with Gasteiger partial charge in [0.2, 0.25) is 0 Å². The van der Waals surface area contributed by atoms with Gasteiger partial charge in [-0.3, -0.25) is 8.98 Å². The van der Waals surface area contributed by atoms with E-state index in [0.29, 0.717) is 24.2 Å². The fourth-order valence-electron chi connectivity index (χ4n) is 1.61. The number of carbonyl (C=O) groups excluding carboxylic acids is 1. The Labute approximate surface area is 107 Å². The molecule has 1 rings (SSSR count). The predicted molar refractivity (Wildman–Crippen MR) is 67.5 cm³/mol. The zero-order valence-corrected chi connectivity index (χ0v) is 11.2. The molecule has 5 nitrogen and oxygen atoms in total. The van der Waals surface area contributed by atoms with Crippen LogP contribution in [0.5, 0.6) is 5.75 Å². The highest BCUT2D eigenvalue weighted by atomic mass is 32.2. The van der Waals surface area contributed by atoms with Crippen molar-refractivity contribution in [3.8, 4) is 5.75 Å². The van der Waals surface area contributed by atoms with Crippen molar-refractivity contribution in [3.05, 3.63) is 29.3 Å². The fraction of sp³-hybridized carbons (Fsp3) is 0.417. The molecule has 0 aliphatic heterocycles. The van der Waals surface area contributed by atoms with Gasteiger partial charge in [0.25, 0.3) is 10.1 Å². The van der Waals surface area contributed by atoms with E-state index in [-0.39, 0.29) is 6.61 Å². The van der Waals surface area contributed by atoms with Gasteiger partial charge in [0.05, 0.1) is 20.0 Å². The summed E-state index contributed by atoms with van der Waals surface area (Å²) in [5, 5.41) is 0. The van der Waals surface area contributed by atoms with E-state index >= 15 is 0 Å². The molecule has 0 aliphatic carbocycles. The van der Waals surface area contributed by atoms with Crippen LogP contribution in [0.15, 0.2) is 18.2 Å². The molecule has 0 amide bonds. The van der Waals surface area contributed by atoms with Crippen molar-refractivity contribution in [2.75, 3.05) is 20.0 Å². The Morgan fingerprint density at radius 2 is 2.06 bits per heavy atom. The molecule has 100 valence electrons. The summed E-state index contributed by atoms with van der Waals surface area (Å²) >= 11 is 0. The maximum absolute atomic E-state index is 10.9. The molecule has 18 heavy (non-hydrogen) atoms. The van der Waals surface area contributed by atoms with Gasteiger partial charge < -0.3 is 4.74 Å². The van der Waals surface area contributed by atoms with Crippen LogP contribution in [0, 0.1) is 0 Å². The molecular weight excluding hydrogens is 256 g/mol. The highest BCUT2D eigenvalue weighted by Crippen LogP contribution is 2.22. The third-order valence-corrected chi connectivity index (χ3v) is 2.98. The molecule has 0 aromatic heterocycles. The van der Waals surface area contributed by atoms with E-state index in [4.69, 9.17) is 4.74 Å². The van der Waals surface area contributed by atoms with E-state index in [1.54, 1.807) is 18.2 Å². The van der Waals surface area contributed by atoms with Gasteiger partial charge >= 0.3 is 0 Å². The minimum atomic E-state index is -3.41. The molecule has 0 saturated carbocycles. The van der Waals surface area contributed by atoms with Crippen LogP contribution in [0.25, 0.3) is 0 Å². The van der Waals surface area contributed by atoms with Crippen LogP contribution in [0.4, 0.5) is 0 Å². The number of methoxy groups -OCH3 is 1. The molecule has 0 unspecified atom stereocenters. The smallest absolute Gasteiger partial charge is 0.264 e. The maximum atomic E-state index is 10.9. The summed E-state index contributed by atoms with van der Waals surface area (Å²) in [6.45, 7) is 0.0924. The van der Waals surface area contributed by atoms with E-state index < -0.39 is 10.1 Å². The van der Waals surface area contributed by atoms with Gasteiger partial charge in [0.1, 0.15) is 12.0 Å². The number of hydrogen-bond donors (Lipinski definition) is 0. The number of benzene rings is 1. The standard InChI is InChI=1S/C12H16O5S/c1-16-12-7-3-5-10(9-13)11(12)6-4-8-17-18(2,14)15/h3,5,7,9H,4,6,8H2,1-2H3. The van der Waals surface area contributed by atoms with Crippen LogP contribution >= 0.6 is 0 Å². The lowest BCUT2D eigenvalue weighted by molar-refractivity contribution is 0.112. The lowest BCUT2D eigenvalue weighted by Crippen LogP contribution is -2.06. The topological polar surface area (TPSA) is 69.7 Å². The third kappa shape index (κ3) is 4.46. The minimum Gasteiger partial charge on any atom is -0.496 e. The van der Waals surface area contributed by atoms with Crippen LogP contribution < -0.4 is 4.74 Å². The van der Waals surface area contributed by atoms with Crippen molar-refractivity contribution in [2.45, 2.75) is 12.8 Å². The second-order valence-electron chi connectivity index (χ2n) is 3.78. The van der Waals surface area contributed by atoms with Gasteiger partial charge in [0.15, 0.2) is 0 Å². The van der Waals surface area contributed by atoms with Crippen molar-refractivity contribution in [2.24, 2.45) is 0 Å². The molecule has 6 heteroatoms. The summed E-state index contributed by atoms with van der Waals surface area (Å²) in [7, 11) is -1.88. The first-order chi connectivity index (χ1) is 8.48. The second kappa shape index (κ2) is 6.51. The van der Waals surface area contributed by atoms with Crippen LogP contribution in [0.1, 0.15) is 22.3 Å². The Bertz CT molecular complexity index is 507. The SMILES string of the molecule is COc1cccc(C=O)c1CCCOS(C)(=O)=O. The van der Waals surface area contributed by atoms with Gasteiger partial charge in [-0.2, -0.15) is 8.42 Å². The van der Waals surface area contributed by atoms with Crippen LogP contribution in [-0.4, -0.2) is 34.7 Å². The van der Waals surface area contributed by atoms with E-state index in [1.807, 2.05) is 0 Å². The first-order valence-electron chi connectivity index (χ1n) is 5.43. The Balaban J connectivity index is 2.68. The lowest BCUT2D eigenvalue weighted by atomic mass is 10.0. The monoisotopic (exact) mass is 272 g/mol. The molecule has 0 fully saturated rings. The Morgan fingerprint density at radius 3 is 2.61 bits per heavy atom. The van der Waals surface area contributed by atoms with E-state index in [2.05, 4.69) is 4.18 Å². The highest BCUT2D eigenvalue weighted by Gasteiger charge is 2.09. The third-order valence-electron chi connectivity index (χ3n) is 2.38. The number of aldehydes is 1. The van der Waals surface area contributed by atoms with Gasteiger partial charge in [-0.25, -0.2) is 0 Å². The predicted octanol–water partition coefficient (Wildman–Crippen LogP) is 1.42. The van der Waals surface area contributed by atoms with E-state index in [0.717, 1.165) is 18.1 Å². The van der Waals surface area contributed by atoms with Gasteiger partial charge in [-0.15, -0.1) is 0 Å². The molecule has 0 N–H and O–H groups in total. The van der Waals surface area contributed by atoms with Crippen molar-refractivity contribution in [1.82, 2.24) is 0 Å². The van der Waals surface area contributed by atoms with Gasteiger partial charge in [0, 0.05) is 11.1 Å². The molecule has 0 spiro atoms. The van der Waals surface area contributed by atoms with E-state index in [9.17, 15) is 13.2 Å². The Morgan fingerprint density at radius 1 is 1.33 bits per heavy atom. The first-order valence-corrected chi connectivity index (χ1v) is 7.25. The molecular formula is C12H16O5S. The molecule has 0 saturated heterocycles. The lowest BCUT2D eigenvalue weighted by Gasteiger charge is -2.10. The maximum Gasteiger partial charge on any atom is 0.264 e. The molecule has 1 aromatic rings. The number of hydrogen-bond acceptors (Lipinski definition) is 5. The Hall–Kier alpha value is -1.40. The van der Waals surface area contributed by atoms with Crippen LogP contribution in [0.2, 0.25) is 0 Å². The number of rotatable bonds is 7. The molecule has 0 aliphatic rings. The average molecular weight is 272 g/mol. The quantitative estimate of drug-likeness (QED) is 0.426. The number of ether oxygens (including phenoxy) is 1. The van der Waals surface area contributed by atoms with Crippen molar-refractivity contribution in [3.63, 3.8) is 0 Å². The van der Waals surface area contributed by atoms with Gasteiger partial charge in [-0.1, -0.05) is 12.1 Å². The van der Waals surface area contributed by atoms with Crippen molar-refractivity contribution >= 4 is 16.4 Å². The normalized spacial score (nSPS) is 11.2. The number of carbonyl (C=O) groups is 1. The highest BCUT2D eigenvalue weighted by molar-refractivity contribution is 7.85. The zero-order valence-electron chi connectivity index (χ0n) is 10.4. The zero-order chi connectivity index (χ0) is 13.6. The molecule has 0 radical (unpaired) electrons. The molecule has 0 heterocycles. The van der Waals surface area contributed by atoms with E-state index in [1.165, 1.54) is 7.11 Å². The van der Waals surface area contributed by atoms with Gasteiger partial charge in [-0.05, 0) is 18.9 Å². The minimum absolute atomic E-state index is 0.0924. The summed E-state index contributed by atoms with van der Waals surface area (Å²) in [5.41, 5.74) is 1.32. The summed E-state index contributed by atoms with van der Waals surface area (Å²) in [4.78, 5) is 10.9. The Kier molecular flexibility index (Phi) is 5.30. The first kappa shape index (κ1) is 14.7. The fourth-order valence-corrected chi connectivity index (χ4v) is 2.03. The van der Waals surface area contributed by atoms with Crippen LogP contribution in [-0.2, 0) is 20.7 Å². The summed E-state index contributed by atoms with van der Waals surface area (Å²) in [6, 6.07) is 5.20. The summed E-state index contributed by atoms with van der Waals surface area (Å²) < 4.78 is 31.4. The van der Waals surface area contributed by atoms with Crippen LogP contribution in [0.3, 0.4) is 0 Å². The van der Waals surface area contributed by atoms with Crippen molar-refractivity contribution < 1.29 is 22.1 Å². The summed E-state index contributed by atoms with van der Waals surface area (Å²) in [5.74, 6) is 0.624. The largest absolute Gasteiger partial charge is 0.496 e. The van der Waals surface area contributed by atoms with Crippen molar-refractivity contribution in [1.29, 1.82) is 0 Å². The molecule has 1 aromatic carbocycles.